The summed E-state index contributed by atoms with van der Waals surface area (Å²) in [7, 11) is 0. The van der Waals surface area contributed by atoms with Crippen molar-refractivity contribution in [1.82, 2.24) is 49.8 Å². The molecule has 3 aromatic heterocycles. The van der Waals surface area contributed by atoms with Gasteiger partial charge in [-0.15, -0.1) is 0 Å². The van der Waals surface area contributed by atoms with Gasteiger partial charge < -0.3 is 29.7 Å². The maximum Gasteiger partial charge on any atom is 0.270 e. The number of carbonyl (C=O) groups excluding carboxylic acids is 7. The fraction of sp³-hybridized carbons (Fsp3) is 0.465. The monoisotopic (exact) mass is 845 g/mol. The minimum atomic E-state index is -1.07. The van der Waals surface area contributed by atoms with Crippen molar-refractivity contribution in [2.45, 2.75) is 88.9 Å². The van der Waals surface area contributed by atoms with Crippen LogP contribution in [0.25, 0.3) is 11.2 Å². The number of fused-ring (bicyclic) bond motifs is 2. The lowest BCUT2D eigenvalue weighted by atomic mass is 9.86. The summed E-state index contributed by atoms with van der Waals surface area (Å²) in [6.45, 7) is 3.84. The Morgan fingerprint density at radius 1 is 0.839 bits per heavy atom. The number of nitrogens with one attached hydrogen (secondary N) is 3. The Labute approximate surface area is 356 Å². The first kappa shape index (κ1) is 40.6. The summed E-state index contributed by atoms with van der Waals surface area (Å²) in [5.74, 6) is -1.61. The molecule has 4 aliphatic heterocycles. The second-order valence-corrected chi connectivity index (χ2v) is 16.8. The van der Waals surface area contributed by atoms with Gasteiger partial charge in [-0.1, -0.05) is 6.07 Å². The zero-order valence-corrected chi connectivity index (χ0v) is 34.2. The third-order valence-electron chi connectivity index (χ3n) is 12.7. The zero-order valence-electron chi connectivity index (χ0n) is 34.2. The SMILES string of the molecule is Cc1cccc(C(=O)NC2CC(n3cnc4c(NC5CCN(C(=O)CC6CCN(C(=O)COc7ccc8c(c7)C(=O)N([C@H]7CCC(=O)NC7=O)C8=O)CC6)CC5)ncnc43)C2)n1. The van der Waals surface area contributed by atoms with Crippen LogP contribution in [-0.2, 0) is 19.2 Å². The Kier molecular flexibility index (Phi) is 11.1. The number of benzene rings is 1. The van der Waals surface area contributed by atoms with Gasteiger partial charge in [-0.25, -0.2) is 19.9 Å². The van der Waals surface area contributed by atoms with Gasteiger partial charge >= 0.3 is 0 Å². The molecule has 4 fully saturated rings. The Balaban J connectivity index is 0.694. The molecule has 19 heteroatoms. The van der Waals surface area contributed by atoms with Crippen LogP contribution < -0.4 is 20.7 Å². The van der Waals surface area contributed by atoms with E-state index in [1.807, 2.05) is 24.0 Å². The predicted octanol–water partition coefficient (Wildman–Crippen LogP) is 2.18. The number of piperidine rings is 3. The van der Waals surface area contributed by atoms with E-state index in [2.05, 4.69) is 40.5 Å². The van der Waals surface area contributed by atoms with Crippen LogP contribution in [-0.4, -0.2) is 131 Å². The number of carbonyl (C=O) groups is 7. The third kappa shape index (κ3) is 8.17. The Hall–Kier alpha value is -6.79. The minimum Gasteiger partial charge on any atom is -0.484 e. The van der Waals surface area contributed by atoms with Crippen LogP contribution in [0.5, 0.6) is 5.75 Å². The molecule has 1 atom stereocenters. The molecule has 0 unspecified atom stereocenters. The van der Waals surface area contributed by atoms with E-state index in [4.69, 9.17) is 4.74 Å². The molecule has 9 rings (SSSR count). The van der Waals surface area contributed by atoms with Crippen molar-refractivity contribution in [3.05, 3.63) is 71.6 Å². The van der Waals surface area contributed by atoms with Gasteiger partial charge in [0.2, 0.25) is 17.7 Å². The fourth-order valence-corrected chi connectivity index (χ4v) is 9.09. The van der Waals surface area contributed by atoms with Gasteiger partial charge in [0, 0.05) is 62.8 Å². The number of nitrogens with zero attached hydrogens (tertiary/aromatic N) is 8. The zero-order chi connectivity index (χ0) is 43.1. The topological polar surface area (TPSA) is 231 Å². The molecule has 4 aromatic rings. The molecule has 322 valence electrons. The number of aromatic nitrogens is 5. The average molecular weight is 846 g/mol. The van der Waals surface area contributed by atoms with Crippen LogP contribution in [0.3, 0.4) is 0 Å². The smallest absolute Gasteiger partial charge is 0.270 e. The molecule has 1 aromatic carbocycles. The summed E-state index contributed by atoms with van der Waals surface area (Å²) in [5.41, 5.74) is 2.85. The van der Waals surface area contributed by atoms with Gasteiger partial charge in [0.1, 0.15) is 29.3 Å². The molecule has 5 aliphatic rings. The van der Waals surface area contributed by atoms with Gasteiger partial charge in [-0.3, -0.25) is 43.8 Å². The number of likely N-dealkylation sites (tertiary alicyclic amines) is 2. The standard InChI is InChI=1S/C43H47N11O8/c1-24-3-2-4-32(47-24)40(58)49-27-18-28(19-27)53-23-46-37-38(44-22-45-39(37)53)48-26-11-15-51(16-12-26)35(56)17-25-9-13-52(14-10-25)36(57)21-62-29-5-6-30-31(20-29)43(61)54(42(30)60)33-7-8-34(55)50-41(33)59/h2-6,20,22-23,25-28,33H,7-19,21H2,1H3,(H,49,58)(H,44,45,48)(H,50,55,59)/t27?,28?,33-/m0/s1. The molecule has 1 aliphatic carbocycles. The van der Waals surface area contributed by atoms with Crippen LogP contribution in [0.15, 0.2) is 49.1 Å². The Morgan fingerprint density at radius 2 is 1.58 bits per heavy atom. The number of hydrogen-bond acceptors (Lipinski definition) is 13. The number of rotatable bonds is 11. The van der Waals surface area contributed by atoms with E-state index < -0.39 is 29.7 Å². The van der Waals surface area contributed by atoms with Gasteiger partial charge in [-0.05, 0) is 88.1 Å². The molecule has 62 heavy (non-hydrogen) atoms. The summed E-state index contributed by atoms with van der Waals surface area (Å²) in [6.07, 6.45) is 8.27. The lowest BCUT2D eigenvalue weighted by Crippen LogP contribution is -2.54. The maximum absolute atomic E-state index is 13.4. The molecule has 1 saturated carbocycles. The molecule has 3 N–H and O–H groups in total. The molecule has 0 radical (unpaired) electrons. The van der Waals surface area contributed by atoms with Crippen molar-refractivity contribution in [2.24, 2.45) is 5.92 Å². The van der Waals surface area contributed by atoms with E-state index in [0.717, 1.165) is 41.9 Å². The molecular weight excluding hydrogens is 799 g/mol. The Bertz CT molecular complexity index is 2470. The first-order chi connectivity index (χ1) is 30.0. The van der Waals surface area contributed by atoms with E-state index in [0.29, 0.717) is 62.5 Å². The number of anilines is 1. The van der Waals surface area contributed by atoms with Gasteiger partial charge in [0.25, 0.3) is 23.6 Å². The van der Waals surface area contributed by atoms with Crippen molar-refractivity contribution >= 4 is 58.3 Å². The van der Waals surface area contributed by atoms with Crippen LogP contribution in [0.2, 0.25) is 0 Å². The number of imidazole rings is 1. The highest BCUT2D eigenvalue weighted by molar-refractivity contribution is 6.23. The van der Waals surface area contributed by atoms with Crippen LogP contribution in [0, 0.1) is 12.8 Å². The summed E-state index contributed by atoms with van der Waals surface area (Å²) in [5, 5.41) is 8.80. The number of amides is 7. The number of ether oxygens (including phenoxy) is 1. The van der Waals surface area contributed by atoms with Crippen LogP contribution >= 0.6 is 0 Å². The predicted molar refractivity (Wildman–Crippen MR) is 220 cm³/mol. The lowest BCUT2D eigenvalue weighted by molar-refractivity contribution is -0.137. The minimum absolute atomic E-state index is 0.0262. The van der Waals surface area contributed by atoms with Gasteiger partial charge in [-0.2, -0.15) is 0 Å². The molecule has 7 amide bonds. The van der Waals surface area contributed by atoms with E-state index >= 15 is 0 Å². The second kappa shape index (κ2) is 16.9. The third-order valence-corrected chi connectivity index (χ3v) is 12.7. The number of imide groups is 2. The van der Waals surface area contributed by atoms with E-state index in [1.165, 1.54) is 24.5 Å². The molecule has 19 nitrogen and oxygen atoms in total. The lowest BCUT2D eigenvalue weighted by Gasteiger charge is -2.36. The first-order valence-corrected chi connectivity index (χ1v) is 21.2. The molecule has 3 saturated heterocycles. The first-order valence-electron chi connectivity index (χ1n) is 21.2. The van der Waals surface area contributed by atoms with Crippen molar-refractivity contribution < 1.29 is 38.3 Å². The van der Waals surface area contributed by atoms with Gasteiger partial charge in [0.05, 0.1) is 17.5 Å². The van der Waals surface area contributed by atoms with Crippen molar-refractivity contribution in [1.29, 1.82) is 0 Å². The summed E-state index contributed by atoms with van der Waals surface area (Å²) < 4.78 is 7.79. The van der Waals surface area contributed by atoms with Crippen LogP contribution in [0.4, 0.5) is 5.82 Å². The van der Waals surface area contributed by atoms with E-state index in [-0.39, 0.29) is 78.1 Å². The van der Waals surface area contributed by atoms with Crippen molar-refractivity contribution in [2.75, 3.05) is 38.1 Å². The summed E-state index contributed by atoms with van der Waals surface area (Å²) in [6, 6.07) is 9.00. The van der Waals surface area contributed by atoms with Gasteiger partial charge in [0.15, 0.2) is 18.1 Å². The fourth-order valence-electron chi connectivity index (χ4n) is 9.09. The van der Waals surface area contributed by atoms with Crippen molar-refractivity contribution in [3.8, 4) is 5.75 Å². The number of pyridine rings is 1. The summed E-state index contributed by atoms with van der Waals surface area (Å²) in [4.78, 5) is 112. The molecule has 0 spiro atoms. The highest BCUT2D eigenvalue weighted by Gasteiger charge is 2.45. The number of hydrogen-bond donors (Lipinski definition) is 3. The van der Waals surface area contributed by atoms with E-state index in [1.54, 1.807) is 17.3 Å². The highest BCUT2D eigenvalue weighted by atomic mass is 16.5. The number of aryl methyl sites for hydroxylation is 1. The molecular formula is C43H47N11O8. The molecule has 0 bridgehead atoms. The van der Waals surface area contributed by atoms with Crippen molar-refractivity contribution in [3.63, 3.8) is 0 Å². The average Bonchev–Trinajstić information content (AvgIpc) is 3.79. The quantitative estimate of drug-likeness (QED) is 0.184. The Morgan fingerprint density at radius 3 is 2.34 bits per heavy atom. The largest absolute Gasteiger partial charge is 0.484 e. The van der Waals surface area contributed by atoms with E-state index in [9.17, 15) is 33.6 Å². The highest BCUT2D eigenvalue weighted by Crippen LogP contribution is 2.36. The second-order valence-electron chi connectivity index (χ2n) is 16.8. The van der Waals surface area contributed by atoms with Crippen LogP contribution in [0.1, 0.15) is 101 Å². The normalized spacial score (nSPS) is 22.0. The maximum atomic E-state index is 13.4. The molecule has 7 heterocycles. The summed E-state index contributed by atoms with van der Waals surface area (Å²) >= 11 is 0.